The van der Waals surface area contributed by atoms with E-state index in [0.29, 0.717) is 11.0 Å². The zero-order valence-electron chi connectivity index (χ0n) is 15.0. The smallest absolute Gasteiger partial charge is 0.338 e. The number of amides is 1. The van der Waals surface area contributed by atoms with Gasteiger partial charge in [-0.3, -0.25) is 9.63 Å². The van der Waals surface area contributed by atoms with E-state index in [9.17, 15) is 18.0 Å². The van der Waals surface area contributed by atoms with Crippen molar-refractivity contribution in [3.8, 4) is 0 Å². The number of hydrogen-bond donors (Lipinski definition) is 1. The van der Waals surface area contributed by atoms with Gasteiger partial charge in [0.15, 0.2) is 6.10 Å². The molecule has 0 unspecified atom stereocenters. The summed E-state index contributed by atoms with van der Waals surface area (Å²) in [6.45, 7) is 5.81. The quantitative estimate of drug-likeness (QED) is 0.543. The molecule has 0 aliphatic heterocycles. The first kappa shape index (κ1) is 21.1. The summed E-state index contributed by atoms with van der Waals surface area (Å²) < 4.78 is 30.2. The first-order chi connectivity index (χ1) is 11.6. The number of nitrogens with zero attached hydrogens (tertiary/aromatic N) is 1. The third-order valence-electron chi connectivity index (χ3n) is 3.30. The van der Waals surface area contributed by atoms with Crippen LogP contribution in [0.25, 0.3) is 0 Å². The van der Waals surface area contributed by atoms with Crippen LogP contribution in [0, 0.1) is 5.92 Å². The Bertz CT molecular complexity index is 717. The van der Waals surface area contributed by atoms with Crippen LogP contribution in [-0.2, 0) is 24.4 Å². The Morgan fingerprint density at radius 2 is 1.88 bits per heavy atom. The number of hydroxylamine groups is 1. The molecule has 140 valence electrons. The number of ether oxygens (including phenoxy) is 1. The Morgan fingerprint density at radius 3 is 2.44 bits per heavy atom. The van der Waals surface area contributed by atoms with Crippen LogP contribution in [-0.4, -0.2) is 51.6 Å². The van der Waals surface area contributed by atoms with Crippen molar-refractivity contribution in [1.29, 1.82) is 0 Å². The van der Waals surface area contributed by atoms with E-state index in [0.717, 1.165) is 0 Å². The van der Waals surface area contributed by atoms with Crippen LogP contribution in [0.5, 0.6) is 0 Å². The standard InChI is InChI=1S/C16H24N2O6S/c1-11(2)10-17-15(19)12(3)24-16(20)13-7-6-8-14(9-13)25(21,22)18(4)23-5/h6-9,11-12H,10H2,1-5H3,(H,17,19)/t12-/m0/s1. The van der Waals surface area contributed by atoms with Gasteiger partial charge in [-0.1, -0.05) is 24.4 Å². The van der Waals surface area contributed by atoms with Gasteiger partial charge in [-0.2, -0.15) is 0 Å². The Labute approximate surface area is 148 Å². The van der Waals surface area contributed by atoms with E-state index in [-0.39, 0.29) is 16.4 Å². The van der Waals surface area contributed by atoms with E-state index in [2.05, 4.69) is 10.2 Å². The van der Waals surface area contributed by atoms with E-state index in [4.69, 9.17) is 4.74 Å². The van der Waals surface area contributed by atoms with Gasteiger partial charge in [-0.05, 0) is 31.0 Å². The molecule has 1 N–H and O–H groups in total. The summed E-state index contributed by atoms with van der Waals surface area (Å²) in [5, 5.41) is 2.66. The predicted molar refractivity (Wildman–Crippen MR) is 91.1 cm³/mol. The maximum absolute atomic E-state index is 12.2. The first-order valence-electron chi connectivity index (χ1n) is 7.71. The van der Waals surface area contributed by atoms with Gasteiger partial charge in [-0.25, -0.2) is 13.2 Å². The third kappa shape index (κ3) is 5.80. The number of esters is 1. The highest BCUT2D eigenvalue weighted by atomic mass is 32.2. The molecule has 0 spiro atoms. The zero-order chi connectivity index (χ0) is 19.2. The van der Waals surface area contributed by atoms with E-state index < -0.39 is 28.0 Å². The Morgan fingerprint density at radius 1 is 1.24 bits per heavy atom. The van der Waals surface area contributed by atoms with Crippen molar-refractivity contribution in [2.45, 2.75) is 31.8 Å². The second-order valence-electron chi connectivity index (χ2n) is 5.81. The number of carbonyl (C=O) groups is 2. The van der Waals surface area contributed by atoms with Crippen molar-refractivity contribution >= 4 is 21.9 Å². The summed E-state index contributed by atoms with van der Waals surface area (Å²) in [4.78, 5) is 28.6. The van der Waals surface area contributed by atoms with Crippen molar-refractivity contribution in [3.63, 3.8) is 0 Å². The van der Waals surface area contributed by atoms with Gasteiger partial charge >= 0.3 is 5.97 Å². The number of rotatable bonds is 8. The minimum atomic E-state index is -3.88. The van der Waals surface area contributed by atoms with Gasteiger partial charge in [0.05, 0.1) is 17.6 Å². The van der Waals surface area contributed by atoms with E-state index >= 15 is 0 Å². The zero-order valence-corrected chi connectivity index (χ0v) is 15.8. The summed E-state index contributed by atoms with van der Waals surface area (Å²) in [5.74, 6) is -0.930. The summed E-state index contributed by atoms with van der Waals surface area (Å²) in [5.41, 5.74) is 0.0223. The fourth-order valence-electron chi connectivity index (χ4n) is 1.76. The number of hydrogen-bond acceptors (Lipinski definition) is 6. The number of carbonyl (C=O) groups excluding carboxylic acids is 2. The van der Waals surface area contributed by atoms with Crippen LogP contribution in [0.15, 0.2) is 29.2 Å². The van der Waals surface area contributed by atoms with Gasteiger partial charge in [0, 0.05) is 13.6 Å². The van der Waals surface area contributed by atoms with E-state index in [1.165, 1.54) is 45.3 Å². The van der Waals surface area contributed by atoms with Crippen molar-refractivity contribution < 1.29 is 27.6 Å². The van der Waals surface area contributed by atoms with Crippen LogP contribution in [0.1, 0.15) is 31.1 Å². The molecule has 1 aromatic carbocycles. The lowest BCUT2D eigenvalue weighted by Crippen LogP contribution is -2.37. The Kier molecular flexibility index (Phi) is 7.53. The second-order valence-corrected chi connectivity index (χ2v) is 7.75. The minimum absolute atomic E-state index is 0.0223. The highest BCUT2D eigenvalue weighted by Gasteiger charge is 2.24. The number of benzene rings is 1. The van der Waals surface area contributed by atoms with Crippen molar-refractivity contribution in [3.05, 3.63) is 29.8 Å². The highest BCUT2D eigenvalue weighted by molar-refractivity contribution is 7.89. The summed E-state index contributed by atoms with van der Waals surface area (Å²) in [6.07, 6.45) is -0.992. The molecule has 0 radical (unpaired) electrons. The van der Waals surface area contributed by atoms with Crippen LogP contribution in [0.4, 0.5) is 0 Å². The molecule has 0 aliphatic rings. The van der Waals surface area contributed by atoms with Crippen molar-refractivity contribution in [1.82, 2.24) is 9.79 Å². The molecule has 0 aromatic heterocycles. The van der Waals surface area contributed by atoms with Gasteiger partial charge in [0.25, 0.3) is 15.9 Å². The van der Waals surface area contributed by atoms with E-state index in [1.807, 2.05) is 13.8 Å². The molecule has 0 fully saturated rings. The minimum Gasteiger partial charge on any atom is -0.449 e. The maximum Gasteiger partial charge on any atom is 0.338 e. The molecule has 8 nitrogen and oxygen atoms in total. The monoisotopic (exact) mass is 372 g/mol. The molecular formula is C16H24N2O6S. The summed E-state index contributed by atoms with van der Waals surface area (Å²) in [6, 6.07) is 5.33. The average molecular weight is 372 g/mol. The van der Waals surface area contributed by atoms with Crippen LogP contribution in [0.3, 0.4) is 0 Å². The summed E-state index contributed by atoms with van der Waals surface area (Å²) >= 11 is 0. The van der Waals surface area contributed by atoms with Gasteiger partial charge in [0.2, 0.25) is 0 Å². The fourth-order valence-corrected chi connectivity index (χ4v) is 2.78. The molecular weight excluding hydrogens is 348 g/mol. The third-order valence-corrected chi connectivity index (χ3v) is 4.98. The molecule has 0 aliphatic carbocycles. The number of sulfonamides is 1. The topological polar surface area (TPSA) is 102 Å². The van der Waals surface area contributed by atoms with Crippen LogP contribution < -0.4 is 5.32 Å². The van der Waals surface area contributed by atoms with Crippen molar-refractivity contribution in [2.75, 3.05) is 20.7 Å². The lowest BCUT2D eigenvalue weighted by Gasteiger charge is -2.16. The molecule has 0 saturated heterocycles. The SMILES string of the molecule is CON(C)S(=O)(=O)c1cccc(C(=O)O[C@@H](C)C(=O)NCC(C)C)c1. The second kappa shape index (κ2) is 8.93. The molecule has 25 heavy (non-hydrogen) atoms. The lowest BCUT2D eigenvalue weighted by atomic mass is 10.2. The molecule has 1 atom stereocenters. The number of nitrogens with one attached hydrogen (secondary N) is 1. The Hall–Kier alpha value is -1.97. The lowest BCUT2D eigenvalue weighted by molar-refractivity contribution is -0.129. The van der Waals surface area contributed by atoms with Gasteiger partial charge < -0.3 is 10.1 Å². The fraction of sp³-hybridized carbons (Fsp3) is 0.500. The highest BCUT2D eigenvalue weighted by Crippen LogP contribution is 2.17. The molecule has 0 heterocycles. The molecule has 9 heteroatoms. The van der Waals surface area contributed by atoms with Gasteiger partial charge in [0.1, 0.15) is 0 Å². The molecule has 1 amide bonds. The molecule has 0 bridgehead atoms. The predicted octanol–water partition coefficient (Wildman–Crippen LogP) is 1.19. The van der Waals surface area contributed by atoms with Crippen molar-refractivity contribution in [2.24, 2.45) is 5.92 Å². The molecule has 0 saturated carbocycles. The van der Waals surface area contributed by atoms with Crippen LogP contribution >= 0.6 is 0 Å². The van der Waals surface area contributed by atoms with E-state index in [1.54, 1.807) is 0 Å². The Balaban J connectivity index is 2.87. The van der Waals surface area contributed by atoms with Crippen LogP contribution in [0.2, 0.25) is 0 Å². The average Bonchev–Trinajstić information content (AvgIpc) is 2.58. The maximum atomic E-state index is 12.2. The molecule has 1 aromatic rings. The first-order valence-corrected chi connectivity index (χ1v) is 9.15. The molecule has 1 rings (SSSR count). The normalized spacial score (nSPS) is 12.9. The summed E-state index contributed by atoms with van der Waals surface area (Å²) in [7, 11) is -1.43. The van der Waals surface area contributed by atoms with Gasteiger partial charge in [-0.15, -0.1) is 0 Å². The largest absolute Gasteiger partial charge is 0.449 e.